The van der Waals surface area contributed by atoms with Crippen LogP contribution in [-0.4, -0.2) is 23.2 Å². The molecule has 1 aromatic rings. The lowest BCUT2D eigenvalue weighted by Gasteiger charge is -2.01. The molecular formula is C10H12N2O3. The second-order valence-electron chi connectivity index (χ2n) is 2.83. The summed E-state index contributed by atoms with van der Waals surface area (Å²) in [6, 6.07) is 1.65. The Bertz CT molecular complexity index is 388. The van der Waals surface area contributed by atoms with Crippen LogP contribution < -0.4 is 5.73 Å². The van der Waals surface area contributed by atoms with Crippen LogP contribution in [0.15, 0.2) is 18.3 Å². The van der Waals surface area contributed by atoms with Crippen LogP contribution in [-0.2, 0) is 16.1 Å². The minimum atomic E-state index is -0.447. The van der Waals surface area contributed by atoms with Gasteiger partial charge in [0.2, 0.25) is 0 Å². The van der Waals surface area contributed by atoms with Crippen molar-refractivity contribution in [1.29, 1.82) is 0 Å². The third-order valence-corrected chi connectivity index (χ3v) is 1.81. The van der Waals surface area contributed by atoms with E-state index in [2.05, 4.69) is 9.72 Å². The lowest BCUT2D eigenvalue weighted by atomic mass is 10.2. The van der Waals surface area contributed by atoms with Crippen LogP contribution >= 0.6 is 0 Å². The maximum Gasteiger partial charge on any atom is 0.330 e. The largest absolute Gasteiger partial charge is 0.466 e. The highest BCUT2D eigenvalue weighted by Crippen LogP contribution is 2.11. The minimum Gasteiger partial charge on any atom is -0.466 e. The number of anilines is 1. The average molecular weight is 208 g/mol. The first-order chi connectivity index (χ1) is 7.17. The van der Waals surface area contributed by atoms with E-state index in [-0.39, 0.29) is 12.4 Å². The summed E-state index contributed by atoms with van der Waals surface area (Å²) in [5.41, 5.74) is 6.70. The number of pyridine rings is 1. The molecule has 0 bridgehead atoms. The fraction of sp³-hybridized carbons (Fsp3) is 0.200. The molecule has 5 heteroatoms. The fourth-order valence-electron chi connectivity index (χ4n) is 0.989. The van der Waals surface area contributed by atoms with Gasteiger partial charge in [-0.2, -0.15) is 0 Å². The molecule has 0 amide bonds. The number of methoxy groups -OCH3 is 1. The number of aliphatic hydroxyl groups excluding tert-OH is 1. The van der Waals surface area contributed by atoms with Gasteiger partial charge in [0.1, 0.15) is 5.82 Å². The number of aliphatic hydroxyl groups is 1. The molecule has 0 aliphatic rings. The molecule has 0 aliphatic carbocycles. The van der Waals surface area contributed by atoms with Crippen molar-refractivity contribution in [2.75, 3.05) is 12.8 Å². The molecule has 0 radical (unpaired) electrons. The van der Waals surface area contributed by atoms with Crippen molar-refractivity contribution in [1.82, 2.24) is 4.98 Å². The number of esters is 1. The van der Waals surface area contributed by atoms with Gasteiger partial charge < -0.3 is 15.6 Å². The summed E-state index contributed by atoms with van der Waals surface area (Å²) < 4.78 is 4.43. The van der Waals surface area contributed by atoms with Crippen molar-refractivity contribution < 1.29 is 14.6 Å². The van der Waals surface area contributed by atoms with E-state index in [1.165, 1.54) is 25.5 Å². The zero-order valence-corrected chi connectivity index (χ0v) is 8.30. The van der Waals surface area contributed by atoms with Crippen LogP contribution in [0.5, 0.6) is 0 Å². The van der Waals surface area contributed by atoms with Crippen LogP contribution in [0.3, 0.4) is 0 Å². The van der Waals surface area contributed by atoms with Gasteiger partial charge in [-0.15, -0.1) is 0 Å². The number of carbonyl (C=O) groups excluding carboxylic acids is 1. The van der Waals surface area contributed by atoms with Gasteiger partial charge in [-0.3, -0.25) is 0 Å². The molecular weight excluding hydrogens is 196 g/mol. The molecule has 15 heavy (non-hydrogen) atoms. The third-order valence-electron chi connectivity index (χ3n) is 1.81. The summed E-state index contributed by atoms with van der Waals surface area (Å²) in [4.78, 5) is 14.7. The molecule has 0 atom stereocenters. The highest BCUT2D eigenvalue weighted by Gasteiger charge is 1.99. The maximum absolute atomic E-state index is 10.8. The SMILES string of the molecule is COC(=O)C=Cc1cnc(N)c(CO)c1. The molecule has 80 valence electrons. The van der Waals surface area contributed by atoms with E-state index in [4.69, 9.17) is 10.8 Å². The quantitative estimate of drug-likeness (QED) is 0.552. The number of hydrogen-bond donors (Lipinski definition) is 2. The maximum atomic E-state index is 10.8. The first kappa shape index (κ1) is 11.2. The molecule has 0 unspecified atom stereocenters. The monoisotopic (exact) mass is 208 g/mol. The number of nitrogen functional groups attached to an aromatic ring is 1. The minimum absolute atomic E-state index is 0.182. The highest BCUT2D eigenvalue weighted by atomic mass is 16.5. The van der Waals surface area contributed by atoms with Gasteiger partial charge in [0.15, 0.2) is 0 Å². The molecule has 1 rings (SSSR count). The predicted octanol–water partition coefficient (Wildman–Crippen LogP) is 0.342. The number of nitrogens with two attached hydrogens (primary N) is 1. The van der Waals surface area contributed by atoms with Crippen molar-refractivity contribution in [2.45, 2.75) is 6.61 Å². The molecule has 0 saturated heterocycles. The van der Waals surface area contributed by atoms with Crippen molar-refractivity contribution in [2.24, 2.45) is 0 Å². The number of nitrogens with zero attached hydrogens (tertiary/aromatic N) is 1. The molecule has 3 N–H and O–H groups in total. The second kappa shape index (κ2) is 5.11. The molecule has 0 aliphatic heterocycles. The standard InChI is InChI=1S/C10H12N2O3/c1-15-9(14)3-2-7-4-8(6-13)10(11)12-5-7/h2-5,13H,6H2,1H3,(H2,11,12). The smallest absolute Gasteiger partial charge is 0.330 e. The Labute approximate surface area is 87.2 Å². The number of aromatic nitrogens is 1. The Morgan fingerprint density at radius 1 is 1.73 bits per heavy atom. The second-order valence-corrected chi connectivity index (χ2v) is 2.83. The first-order valence-electron chi connectivity index (χ1n) is 4.28. The van der Waals surface area contributed by atoms with Gasteiger partial charge >= 0.3 is 5.97 Å². The van der Waals surface area contributed by atoms with Crippen molar-refractivity contribution in [3.63, 3.8) is 0 Å². The first-order valence-corrected chi connectivity index (χ1v) is 4.28. The van der Waals surface area contributed by atoms with Gasteiger partial charge in [0.05, 0.1) is 13.7 Å². The summed E-state index contributed by atoms with van der Waals surface area (Å²) in [5.74, 6) is -0.162. The van der Waals surface area contributed by atoms with E-state index < -0.39 is 5.97 Å². The topological polar surface area (TPSA) is 85.4 Å². The molecule has 0 fully saturated rings. The van der Waals surface area contributed by atoms with E-state index in [1.807, 2.05) is 0 Å². The summed E-state index contributed by atoms with van der Waals surface area (Å²) in [6.45, 7) is -0.182. The van der Waals surface area contributed by atoms with Gasteiger partial charge in [0, 0.05) is 17.8 Å². The summed E-state index contributed by atoms with van der Waals surface area (Å²) in [5, 5.41) is 8.93. The number of carbonyl (C=O) groups is 1. The zero-order chi connectivity index (χ0) is 11.3. The lowest BCUT2D eigenvalue weighted by Crippen LogP contribution is -1.98. The van der Waals surface area contributed by atoms with E-state index in [0.29, 0.717) is 11.1 Å². The van der Waals surface area contributed by atoms with Gasteiger partial charge in [-0.1, -0.05) is 0 Å². The average Bonchev–Trinajstić information content (AvgIpc) is 2.27. The van der Waals surface area contributed by atoms with Crippen LogP contribution in [0, 0.1) is 0 Å². The van der Waals surface area contributed by atoms with Crippen LogP contribution in [0.2, 0.25) is 0 Å². The highest BCUT2D eigenvalue weighted by molar-refractivity contribution is 5.86. The summed E-state index contributed by atoms with van der Waals surface area (Å²) in [6.07, 6.45) is 4.32. The Kier molecular flexibility index (Phi) is 3.82. The van der Waals surface area contributed by atoms with E-state index in [0.717, 1.165) is 0 Å². The molecule has 0 aromatic carbocycles. The van der Waals surface area contributed by atoms with Crippen molar-refractivity contribution >= 4 is 17.9 Å². The zero-order valence-electron chi connectivity index (χ0n) is 8.30. The van der Waals surface area contributed by atoms with Gasteiger partial charge in [0.25, 0.3) is 0 Å². The number of rotatable bonds is 3. The number of hydrogen-bond acceptors (Lipinski definition) is 5. The Hall–Kier alpha value is -1.88. The Balaban J connectivity index is 2.87. The predicted molar refractivity (Wildman–Crippen MR) is 55.6 cm³/mol. The molecule has 1 heterocycles. The normalized spacial score (nSPS) is 10.5. The van der Waals surface area contributed by atoms with Crippen molar-refractivity contribution in [3.8, 4) is 0 Å². The molecule has 0 spiro atoms. The number of ether oxygens (including phenoxy) is 1. The Morgan fingerprint density at radius 3 is 3.07 bits per heavy atom. The lowest BCUT2D eigenvalue weighted by molar-refractivity contribution is -0.134. The van der Waals surface area contributed by atoms with E-state index in [9.17, 15) is 4.79 Å². The molecule has 5 nitrogen and oxygen atoms in total. The van der Waals surface area contributed by atoms with Crippen molar-refractivity contribution in [3.05, 3.63) is 29.5 Å². The van der Waals surface area contributed by atoms with Gasteiger partial charge in [-0.05, 0) is 17.7 Å². The molecule has 0 saturated carbocycles. The van der Waals surface area contributed by atoms with Crippen LogP contribution in [0.25, 0.3) is 6.08 Å². The van der Waals surface area contributed by atoms with Crippen LogP contribution in [0.4, 0.5) is 5.82 Å². The van der Waals surface area contributed by atoms with Crippen LogP contribution in [0.1, 0.15) is 11.1 Å². The fourth-order valence-corrected chi connectivity index (χ4v) is 0.989. The summed E-state index contributed by atoms with van der Waals surface area (Å²) in [7, 11) is 1.30. The van der Waals surface area contributed by atoms with E-state index >= 15 is 0 Å². The third kappa shape index (κ3) is 3.07. The summed E-state index contributed by atoms with van der Waals surface area (Å²) >= 11 is 0. The van der Waals surface area contributed by atoms with E-state index in [1.54, 1.807) is 6.07 Å². The van der Waals surface area contributed by atoms with Gasteiger partial charge in [-0.25, -0.2) is 9.78 Å². The Morgan fingerprint density at radius 2 is 2.47 bits per heavy atom. The molecule has 1 aromatic heterocycles.